The quantitative estimate of drug-likeness (QED) is 0.838. The molecule has 0 bridgehead atoms. The average molecular weight is 326 g/mol. The lowest BCUT2D eigenvalue weighted by Crippen LogP contribution is -2.44. The number of likely N-dealkylation sites (tertiary alicyclic amines) is 1. The predicted octanol–water partition coefficient (Wildman–Crippen LogP) is 2.64. The van der Waals surface area contributed by atoms with Crippen LogP contribution in [0, 0.1) is 5.92 Å². The van der Waals surface area contributed by atoms with Crippen LogP contribution in [0.5, 0.6) is 0 Å². The molecule has 0 atom stereocenters. The fraction of sp³-hybridized carbons (Fsp3) is 1.00. The third-order valence-corrected chi connectivity index (χ3v) is 4.98. The number of nitrogens with one attached hydrogen (secondary N) is 1. The van der Waals surface area contributed by atoms with Crippen LogP contribution in [-0.4, -0.2) is 62.2 Å². The zero-order chi connectivity index (χ0) is 12.8. The van der Waals surface area contributed by atoms with Crippen molar-refractivity contribution in [1.82, 2.24) is 15.1 Å². The first-order valence-electron chi connectivity index (χ1n) is 7.93. The van der Waals surface area contributed by atoms with E-state index in [9.17, 15) is 0 Å². The second-order valence-electron chi connectivity index (χ2n) is 6.13. The molecule has 122 valence electrons. The lowest BCUT2D eigenvalue weighted by atomic mass is 9.94. The van der Waals surface area contributed by atoms with Gasteiger partial charge < -0.3 is 15.1 Å². The molecule has 0 unspecified atom stereocenters. The molecular weight excluding hydrogens is 293 g/mol. The molecule has 0 aliphatic carbocycles. The highest BCUT2D eigenvalue weighted by atomic mass is 35.5. The van der Waals surface area contributed by atoms with E-state index < -0.39 is 0 Å². The van der Waals surface area contributed by atoms with Gasteiger partial charge in [0, 0.05) is 6.04 Å². The summed E-state index contributed by atoms with van der Waals surface area (Å²) < 4.78 is 0. The fourth-order valence-electron chi connectivity index (χ4n) is 3.42. The molecule has 0 radical (unpaired) electrons. The van der Waals surface area contributed by atoms with Gasteiger partial charge in [0.1, 0.15) is 0 Å². The maximum Gasteiger partial charge on any atom is 0.0117 e. The van der Waals surface area contributed by atoms with Gasteiger partial charge in [-0.2, -0.15) is 0 Å². The van der Waals surface area contributed by atoms with E-state index in [2.05, 4.69) is 29.1 Å². The van der Waals surface area contributed by atoms with Crippen molar-refractivity contribution in [2.24, 2.45) is 5.92 Å². The molecule has 0 aromatic carbocycles. The number of hydrogen-bond donors (Lipinski definition) is 1. The molecule has 2 aliphatic rings. The summed E-state index contributed by atoms with van der Waals surface area (Å²) in [6, 6.07) is 0.842. The Hall–Kier alpha value is 0.460. The second kappa shape index (κ2) is 11.1. The second-order valence-corrected chi connectivity index (χ2v) is 6.13. The summed E-state index contributed by atoms with van der Waals surface area (Å²) in [6.45, 7) is 9.90. The molecule has 0 spiro atoms. The maximum absolute atomic E-state index is 3.46. The summed E-state index contributed by atoms with van der Waals surface area (Å²) in [4.78, 5) is 5.21. The van der Waals surface area contributed by atoms with Gasteiger partial charge >= 0.3 is 0 Å². The zero-order valence-electron chi connectivity index (χ0n) is 13.1. The van der Waals surface area contributed by atoms with E-state index in [1.54, 1.807) is 0 Å². The Morgan fingerprint density at radius 3 is 2.20 bits per heavy atom. The molecule has 20 heavy (non-hydrogen) atoms. The molecule has 2 saturated heterocycles. The van der Waals surface area contributed by atoms with E-state index in [-0.39, 0.29) is 24.8 Å². The molecule has 0 saturated carbocycles. The van der Waals surface area contributed by atoms with Crippen molar-refractivity contribution in [3.8, 4) is 0 Å². The van der Waals surface area contributed by atoms with Crippen molar-refractivity contribution in [3.63, 3.8) is 0 Å². The van der Waals surface area contributed by atoms with Crippen LogP contribution in [0.4, 0.5) is 0 Å². The molecule has 2 heterocycles. The molecule has 2 rings (SSSR count). The Bertz CT molecular complexity index is 227. The first kappa shape index (κ1) is 20.5. The van der Waals surface area contributed by atoms with Crippen molar-refractivity contribution in [2.45, 2.75) is 45.1 Å². The average Bonchev–Trinajstić information content (AvgIpc) is 2.46. The summed E-state index contributed by atoms with van der Waals surface area (Å²) >= 11 is 0. The zero-order valence-corrected chi connectivity index (χ0v) is 14.8. The van der Waals surface area contributed by atoms with E-state index >= 15 is 0 Å². The Morgan fingerprint density at radius 1 is 1.05 bits per heavy atom. The lowest BCUT2D eigenvalue weighted by Gasteiger charge is -2.37. The number of nitrogens with zero attached hydrogens (tertiary/aromatic N) is 2. The van der Waals surface area contributed by atoms with Crippen molar-refractivity contribution in [2.75, 3.05) is 46.3 Å². The van der Waals surface area contributed by atoms with E-state index in [0.29, 0.717) is 0 Å². The normalized spacial score (nSPS) is 22.4. The number of rotatable bonds is 5. The van der Waals surface area contributed by atoms with Crippen LogP contribution in [0.3, 0.4) is 0 Å². The third kappa shape index (κ3) is 6.48. The first-order chi connectivity index (χ1) is 8.79. The van der Waals surface area contributed by atoms with Crippen molar-refractivity contribution >= 4 is 24.8 Å². The molecule has 2 aliphatic heterocycles. The van der Waals surface area contributed by atoms with Crippen molar-refractivity contribution in [3.05, 3.63) is 0 Å². The van der Waals surface area contributed by atoms with Gasteiger partial charge in [0.25, 0.3) is 0 Å². The Morgan fingerprint density at radius 2 is 1.65 bits per heavy atom. The largest absolute Gasteiger partial charge is 0.317 e. The number of hydrogen-bond acceptors (Lipinski definition) is 3. The highest BCUT2D eigenvalue weighted by Crippen LogP contribution is 2.19. The third-order valence-electron chi connectivity index (χ3n) is 4.98. The minimum atomic E-state index is 0. The van der Waals surface area contributed by atoms with E-state index in [1.165, 1.54) is 71.4 Å². The number of halogens is 2. The highest BCUT2D eigenvalue weighted by Gasteiger charge is 2.22. The van der Waals surface area contributed by atoms with Crippen LogP contribution in [-0.2, 0) is 0 Å². The minimum Gasteiger partial charge on any atom is -0.317 e. The highest BCUT2D eigenvalue weighted by molar-refractivity contribution is 5.85. The minimum absolute atomic E-state index is 0. The summed E-state index contributed by atoms with van der Waals surface area (Å²) in [5.74, 6) is 0.976. The Balaban J connectivity index is 0.00000180. The summed E-state index contributed by atoms with van der Waals surface area (Å²) in [6.07, 6.45) is 6.93. The topological polar surface area (TPSA) is 18.5 Å². The van der Waals surface area contributed by atoms with Crippen molar-refractivity contribution in [1.29, 1.82) is 0 Å². The standard InChI is InChI=1S/C15H31N3.2ClH/c1-3-18-12-7-15(8-13-18)17(2)11-6-14-4-9-16-10-5-14;;/h14-16H,3-13H2,1-2H3;2*1H. The SMILES string of the molecule is CCN1CCC(N(C)CCC2CCNCC2)CC1.Cl.Cl. The molecule has 0 amide bonds. The van der Waals surface area contributed by atoms with Gasteiger partial charge in [-0.05, 0) is 84.3 Å². The Labute approximate surface area is 137 Å². The van der Waals surface area contributed by atoms with Gasteiger partial charge in [-0.15, -0.1) is 24.8 Å². The van der Waals surface area contributed by atoms with Crippen LogP contribution in [0.25, 0.3) is 0 Å². The molecule has 3 nitrogen and oxygen atoms in total. The molecule has 0 aromatic rings. The van der Waals surface area contributed by atoms with E-state index in [1.807, 2.05) is 0 Å². The molecule has 1 N–H and O–H groups in total. The molecule has 5 heteroatoms. The first-order valence-corrected chi connectivity index (χ1v) is 7.93. The van der Waals surface area contributed by atoms with E-state index in [0.717, 1.165) is 12.0 Å². The van der Waals surface area contributed by atoms with Crippen LogP contribution >= 0.6 is 24.8 Å². The smallest absolute Gasteiger partial charge is 0.0117 e. The molecular formula is C15H33Cl2N3. The monoisotopic (exact) mass is 325 g/mol. The maximum atomic E-state index is 3.46. The van der Waals surface area contributed by atoms with Crippen molar-refractivity contribution < 1.29 is 0 Å². The van der Waals surface area contributed by atoms with Crippen LogP contribution in [0.1, 0.15) is 39.0 Å². The predicted molar refractivity (Wildman–Crippen MR) is 92.5 cm³/mol. The summed E-state index contributed by atoms with van der Waals surface area (Å²) in [5, 5.41) is 3.46. The summed E-state index contributed by atoms with van der Waals surface area (Å²) in [5.41, 5.74) is 0. The van der Waals surface area contributed by atoms with Crippen LogP contribution < -0.4 is 5.32 Å². The molecule has 0 aromatic heterocycles. The van der Waals surface area contributed by atoms with Gasteiger partial charge in [-0.3, -0.25) is 0 Å². The van der Waals surface area contributed by atoms with E-state index in [4.69, 9.17) is 0 Å². The van der Waals surface area contributed by atoms with Gasteiger partial charge in [-0.1, -0.05) is 6.92 Å². The van der Waals surface area contributed by atoms with Gasteiger partial charge in [-0.25, -0.2) is 0 Å². The summed E-state index contributed by atoms with van der Waals surface area (Å²) in [7, 11) is 2.34. The van der Waals surface area contributed by atoms with Crippen LogP contribution in [0.2, 0.25) is 0 Å². The van der Waals surface area contributed by atoms with Gasteiger partial charge in [0.2, 0.25) is 0 Å². The lowest BCUT2D eigenvalue weighted by molar-refractivity contribution is 0.124. The van der Waals surface area contributed by atoms with Gasteiger partial charge in [0.15, 0.2) is 0 Å². The van der Waals surface area contributed by atoms with Crippen LogP contribution in [0.15, 0.2) is 0 Å². The Kier molecular flexibility index (Phi) is 11.3. The molecule has 2 fully saturated rings. The number of piperidine rings is 2. The fourth-order valence-corrected chi connectivity index (χ4v) is 3.42. The van der Waals surface area contributed by atoms with Gasteiger partial charge in [0.05, 0.1) is 0 Å².